The van der Waals surface area contributed by atoms with E-state index in [4.69, 9.17) is 0 Å². The van der Waals surface area contributed by atoms with Crippen LogP contribution in [0.5, 0.6) is 0 Å². The summed E-state index contributed by atoms with van der Waals surface area (Å²) in [6.07, 6.45) is 2.56. The van der Waals surface area contributed by atoms with Gasteiger partial charge in [0.2, 0.25) is 0 Å². The van der Waals surface area contributed by atoms with Crippen molar-refractivity contribution in [2.75, 3.05) is 20.1 Å². The zero-order chi connectivity index (χ0) is 11.2. The van der Waals surface area contributed by atoms with E-state index in [0.29, 0.717) is 5.41 Å². The minimum atomic E-state index is 0.197. The smallest absolute Gasteiger partial charge is 0.0246 e. The number of rotatable bonds is 7. The van der Waals surface area contributed by atoms with Crippen molar-refractivity contribution in [3.63, 3.8) is 0 Å². The van der Waals surface area contributed by atoms with E-state index in [1.54, 1.807) is 0 Å². The first kappa shape index (κ1) is 13.9. The van der Waals surface area contributed by atoms with Crippen molar-refractivity contribution in [3.05, 3.63) is 0 Å². The highest BCUT2D eigenvalue weighted by Gasteiger charge is 2.19. The lowest BCUT2D eigenvalue weighted by Crippen LogP contribution is -2.47. The molecule has 0 aromatic heterocycles. The summed E-state index contributed by atoms with van der Waals surface area (Å²) in [6, 6.07) is 0. The molecule has 0 fully saturated rings. The van der Waals surface area contributed by atoms with Crippen molar-refractivity contribution in [1.82, 2.24) is 10.6 Å². The summed E-state index contributed by atoms with van der Waals surface area (Å²) in [6.45, 7) is 13.5. The molecule has 0 aromatic carbocycles. The van der Waals surface area contributed by atoms with Gasteiger partial charge >= 0.3 is 0 Å². The lowest BCUT2D eigenvalue weighted by Gasteiger charge is -2.29. The summed E-state index contributed by atoms with van der Waals surface area (Å²) in [4.78, 5) is 0. The van der Waals surface area contributed by atoms with Crippen LogP contribution in [-0.2, 0) is 0 Å². The maximum absolute atomic E-state index is 3.54. The average molecular weight is 200 g/mol. The van der Waals surface area contributed by atoms with Crippen molar-refractivity contribution < 1.29 is 0 Å². The molecule has 0 aliphatic carbocycles. The predicted octanol–water partition coefficient (Wildman–Crippen LogP) is 2.40. The highest BCUT2D eigenvalue weighted by molar-refractivity contribution is 4.80. The molecule has 0 saturated carbocycles. The molecule has 0 bridgehead atoms. The molecular formula is C12H28N2. The number of nitrogens with one attached hydrogen (secondary N) is 2. The zero-order valence-corrected chi connectivity index (χ0v) is 10.8. The van der Waals surface area contributed by atoms with Crippen LogP contribution in [0.3, 0.4) is 0 Å². The van der Waals surface area contributed by atoms with Gasteiger partial charge in [0.15, 0.2) is 0 Å². The normalized spacial score (nSPS) is 13.3. The van der Waals surface area contributed by atoms with E-state index in [0.717, 1.165) is 13.1 Å². The van der Waals surface area contributed by atoms with Gasteiger partial charge in [-0.1, -0.05) is 27.2 Å². The summed E-state index contributed by atoms with van der Waals surface area (Å²) < 4.78 is 0. The molecule has 0 saturated heterocycles. The molecular weight excluding hydrogens is 172 g/mol. The summed E-state index contributed by atoms with van der Waals surface area (Å²) in [5.74, 6) is 0. The Morgan fingerprint density at radius 2 is 1.57 bits per heavy atom. The van der Waals surface area contributed by atoms with E-state index in [1.165, 1.54) is 12.8 Å². The second-order valence-corrected chi connectivity index (χ2v) is 5.65. The SMILES string of the molecule is CCCC(C)(C)CNCC(C)(C)NC. The number of hydrogen-bond donors (Lipinski definition) is 2. The van der Waals surface area contributed by atoms with Crippen molar-refractivity contribution in [1.29, 1.82) is 0 Å². The van der Waals surface area contributed by atoms with E-state index < -0.39 is 0 Å². The Balaban J connectivity index is 3.73. The van der Waals surface area contributed by atoms with Crippen LogP contribution in [0.25, 0.3) is 0 Å². The van der Waals surface area contributed by atoms with Gasteiger partial charge < -0.3 is 10.6 Å². The van der Waals surface area contributed by atoms with Gasteiger partial charge in [-0.2, -0.15) is 0 Å². The van der Waals surface area contributed by atoms with E-state index in [1.807, 2.05) is 7.05 Å². The lowest BCUT2D eigenvalue weighted by molar-refractivity contribution is 0.289. The summed E-state index contributed by atoms with van der Waals surface area (Å²) in [5, 5.41) is 6.84. The standard InChI is InChI=1S/C12H28N2/c1-7-8-11(2,3)9-14-10-12(4,5)13-6/h13-14H,7-10H2,1-6H3. The van der Waals surface area contributed by atoms with Gasteiger partial charge in [-0.25, -0.2) is 0 Å². The van der Waals surface area contributed by atoms with Crippen molar-refractivity contribution in [2.24, 2.45) is 5.41 Å². The molecule has 0 heterocycles. The Kier molecular flexibility index (Phi) is 5.68. The van der Waals surface area contributed by atoms with E-state index in [9.17, 15) is 0 Å². The molecule has 0 aliphatic heterocycles. The molecule has 2 nitrogen and oxygen atoms in total. The number of hydrogen-bond acceptors (Lipinski definition) is 2. The largest absolute Gasteiger partial charge is 0.314 e. The third-order valence-electron chi connectivity index (χ3n) is 2.77. The first-order valence-corrected chi connectivity index (χ1v) is 5.72. The van der Waals surface area contributed by atoms with E-state index >= 15 is 0 Å². The molecule has 0 aromatic rings. The quantitative estimate of drug-likeness (QED) is 0.659. The van der Waals surface area contributed by atoms with Crippen molar-refractivity contribution in [3.8, 4) is 0 Å². The van der Waals surface area contributed by atoms with Crippen LogP contribution >= 0.6 is 0 Å². The Labute approximate surface area is 89.9 Å². The van der Waals surface area contributed by atoms with Gasteiger partial charge in [0, 0.05) is 18.6 Å². The van der Waals surface area contributed by atoms with E-state index in [2.05, 4.69) is 45.3 Å². The fourth-order valence-electron chi connectivity index (χ4n) is 1.57. The van der Waals surface area contributed by atoms with Crippen molar-refractivity contribution in [2.45, 2.75) is 53.0 Å². The first-order valence-electron chi connectivity index (χ1n) is 5.72. The molecule has 0 radical (unpaired) electrons. The summed E-state index contributed by atoms with van der Waals surface area (Å²) >= 11 is 0. The van der Waals surface area contributed by atoms with Crippen LogP contribution < -0.4 is 10.6 Å². The topological polar surface area (TPSA) is 24.1 Å². The van der Waals surface area contributed by atoms with Crippen molar-refractivity contribution >= 4 is 0 Å². The van der Waals surface area contributed by atoms with Gasteiger partial charge in [-0.15, -0.1) is 0 Å². The average Bonchev–Trinajstić information content (AvgIpc) is 2.03. The fraction of sp³-hybridized carbons (Fsp3) is 1.00. The summed E-state index contributed by atoms with van der Waals surface area (Å²) in [5.41, 5.74) is 0.626. The molecule has 0 aliphatic rings. The van der Waals surface area contributed by atoms with E-state index in [-0.39, 0.29) is 5.54 Å². The van der Waals surface area contributed by atoms with Gasteiger partial charge in [-0.05, 0) is 32.7 Å². The van der Waals surface area contributed by atoms with Gasteiger partial charge in [0.1, 0.15) is 0 Å². The highest BCUT2D eigenvalue weighted by Crippen LogP contribution is 2.20. The van der Waals surface area contributed by atoms with Crippen LogP contribution in [0, 0.1) is 5.41 Å². The molecule has 2 heteroatoms. The Morgan fingerprint density at radius 1 is 1.00 bits per heavy atom. The second kappa shape index (κ2) is 5.72. The van der Waals surface area contributed by atoms with Gasteiger partial charge in [-0.3, -0.25) is 0 Å². The molecule has 0 rings (SSSR count). The maximum Gasteiger partial charge on any atom is 0.0246 e. The van der Waals surface area contributed by atoms with Gasteiger partial charge in [0.25, 0.3) is 0 Å². The molecule has 86 valence electrons. The Bertz CT molecular complexity index is 150. The molecule has 14 heavy (non-hydrogen) atoms. The van der Waals surface area contributed by atoms with Crippen LogP contribution in [0.1, 0.15) is 47.5 Å². The fourth-order valence-corrected chi connectivity index (χ4v) is 1.57. The molecule has 0 atom stereocenters. The van der Waals surface area contributed by atoms with Crippen LogP contribution in [0.2, 0.25) is 0 Å². The lowest BCUT2D eigenvalue weighted by atomic mass is 9.88. The number of likely N-dealkylation sites (N-methyl/N-ethyl adjacent to an activating group) is 1. The minimum Gasteiger partial charge on any atom is -0.314 e. The van der Waals surface area contributed by atoms with Crippen LogP contribution in [-0.4, -0.2) is 25.7 Å². The molecule has 0 unspecified atom stereocenters. The monoisotopic (exact) mass is 200 g/mol. The van der Waals surface area contributed by atoms with Crippen LogP contribution in [0.4, 0.5) is 0 Å². The molecule has 0 spiro atoms. The Morgan fingerprint density at radius 3 is 2.00 bits per heavy atom. The third-order valence-corrected chi connectivity index (χ3v) is 2.77. The second-order valence-electron chi connectivity index (χ2n) is 5.65. The maximum atomic E-state index is 3.54. The molecule has 2 N–H and O–H groups in total. The zero-order valence-electron chi connectivity index (χ0n) is 10.8. The predicted molar refractivity (Wildman–Crippen MR) is 64.7 cm³/mol. The minimum absolute atomic E-state index is 0.197. The highest BCUT2D eigenvalue weighted by atomic mass is 15.0. The third kappa shape index (κ3) is 6.39. The van der Waals surface area contributed by atoms with Crippen LogP contribution in [0.15, 0.2) is 0 Å². The Hall–Kier alpha value is -0.0800. The summed E-state index contributed by atoms with van der Waals surface area (Å²) in [7, 11) is 2.01. The van der Waals surface area contributed by atoms with Gasteiger partial charge in [0.05, 0.1) is 0 Å². The first-order chi connectivity index (χ1) is 6.33. The molecule has 0 amide bonds.